The lowest BCUT2D eigenvalue weighted by Crippen LogP contribution is -2.18. The Morgan fingerprint density at radius 3 is 2.15 bits per heavy atom. The van der Waals surface area contributed by atoms with Crippen molar-refractivity contribution in [3.05, 3.63) is 54.1 Å². The monoisotopic (exact) mass is 368 g/mol. The Hall–Kier alpha value is -3.26. The molecule has 7 nitrogen and oxygen atoms in total. The lowest BCUT2D eigenvalue weighted by Gasteiger charge is -2.07. The zero-order valence-corrected chi connectivity index (χ0v) is 14.7. The number of fused-ring (bicyclic) bond motifs is 1. The van der Waals surface area contributed by atoms with Gasteiger partial charge in [-0.25, -0.2) is 0 Å². The summed E-state index contributed by atoms with van der Waals surface area (Å²) in [5.41, 5.74) is 0.820. The molecule has 1 amide bonds. The van der Waals surface area contributed by atoms with Gasteiger partial charge in [0, 0.05) is 22.9 Å². The first-order valence-corrected chi connectivity index (χ1v) is 8.29. The average molecular weight is 368 g/mol. The molecule has 3 rings (SSSR count). The Labute approximate surface area is 154 Å². The first-order valence-electron chi connectivity index (χ1n) is 7.88. The second kappa shape index (κ2) is 7.32. The number of carbonyl (C=O) groups excluding carboxylic acids is 1. The molecular weight excluding hydrogens is 352 g/mol. The van der Waals surface area contributed by atoms with Crippen LogP contribution in [0, 0.1) is 0 Å². The lowest BCUT2D eigenvalue weighted by atomic mass is 10.2. The van der Waals surface area contributed by atoms with Crippen molar-refractivity contribution < 1.29 is 15.0 Å². The third-order valence-electron chi connectivity index (χ3n) is 3.76. The molecule has 0 aliphatic carbocycles. The molecule has 0 aliphatic heterocycles. The van der Waals surface area contributed by atoms with Crippen LogP contribution in [0.15, 0.2) is 58.8 Å². The van der Waals surface area contributed by atoms with Crippen LogP contribution in [0.2, 0.25) is 0 Å². The highest BCUT2D eigenvalue weighted by molar-refractivity contribution is 7.80. The predicted octanol–water partition coefficient (Wildman–Crippen LogP) is 3.53. The van der Waals surface area contributed by atoms with Gasteiger partial charge in [-0.05, 0) is 55.5 Å². The zero-order chi connectivity index (χ0) is 18.7. The van der Waals surface area contributed by atoms with E-state index in [9.17, 15) is 15.0 Å². The van der Waals surface area contributed by atoms with Crippen molar-refractivity contribution >= 4 is 34.0 Å². The number of hydrogen-bond donors (Lipinski definition) is 3. The molecule has 2 aromatic carbocycles. The van der Waals surface area contributed by atoms with Crippen molar-refractivity contribution in [3.63, 3.8) is 0 Å². The summed E-state index contributed by atoms with van der Waals surface area (Å²) in [7, 11) is 0. The minimum absolute atomic E-state index is 0.0761. The predicted molar refractivity (Wildman–Crippen MR) is 102 cm³/mol. The number of thiocarbonyl (C=S) groups is 1. The van der Waals surface area contributed by atoms with Crippen molar-refractivity contribution in [3.8, 4) is 17.4 Å². The molecule has 0 saturated heterocycles. The Bertz CT molecular complexity index is 970. The maximum absolute atomic E-state index is 12.0. The van der Waals surface area contributed by atoms with Gasteiger partial charge >= 0.3 is 0 Å². The molecule has 1 heterocycles. The van der Waals surface area contributed by atoms with Crippen molar-refractivity contribution in [1.29, 1.82) is 0 Å². The van der Waals surface area contributed by atoms with Crippen LogP contribution in [0.25, 0.3) is 16.5 Å². The number of carbonyl (C=O) groups is 1. The molecule has 0 aliphatic rings. The van der Waals surface area contributed by atoms with Gasteiger partial charge in [0.25, 0.3) is 5.91 Å². The third-order valence-corrected chi connectivity index (χ3v) is 3.99. The van der Waals surface area contributed by atoms with Crippen molar-refractivity contribution in [1.82, 2.24) is 9.88 Å². The molecule has 26 heavy (non-hydrogen) atoms. The number of amides is 1. The first kappa shape index (κ1) is 17.6. The fourth-order valence-corrected chi connectivity index (χ4v) is 2.73. The van der Waals surface area contributed by atoms with E-state index in [2.05, 4.69) is 15.5 Å². The van der Waals surface area contributed by atoms with E-state index in [1.165, 1.54) is 16.7 Å². The first-order chi connectivity index (χ1) is 12.5. The topological polar surface area (TPSA) is 99.2 Å². The van der Waals surface area contributed by atoms with Gasteiger partial charge in [-0.2, -0.15) is 0 Å². The maximum Gasteiger partial charge on any atom is 0.295 e. The van der Waals surface area contributed by atoms with Crippen LogP contribution in [-0.4, -0.2) is 32.3 Å². The summed E-state index contributed by atoms with van der Waals surface area (Å²) in [4.78, 5) is 12.0. The molecule has 0 fully saturated rings. The van der Waals surface area contributed by atoms with Gasteiger partial charge in [0.15, 0.2) is 0 Å². The highest BCUT2D eigenvalue weighted by atomic mass is 32.1. The summed E-state index contributed by atoms with van der Waals surface area (Å²) in [6.07, 6.45) is 0. The quantitative estimate of drug-likeness (QED) is 0.485. The number of rotatable bonds is 3. The minimum atomic E-state index is -0.539. The largest absolute Gasteiger partial charge is 0.494 e. The van der Waals surface area contributed by atoms with Crippen molar-refractivity contribution in [2.45, 2.75) is 6.92 Å². The second-order valence-corrected chi connectivity index (χ2v) is 5.80. The fourth-order valence-electron chi connectivity index (χ4n) is 2.55. The number of nitrogens with zero attached hydrogens (tertiary/aromatic N) is 3. The van der Waals surface area contributed by atoms with E-state index in [4.69, 9.17) is 12.2 Å². The smallest absolute Gasteiger partial charge is 0.295 e. The van der Waals surface area contributed by atoms with Gasteiger partial charge in [0.2, 0.25) is 16.9 Å². The Morgan fingerprint density at radius 2 is 1.62 bits per heavy atom. The normalized spacial score (nSPS) is 11.1. The van der Waals surface area contributed by atoms with E-state index in [0.29, 0.717) is 28.6 Å². The molecule has 0 spiro atoms. The molecular formula is C18H16N4O3S. The van der Waals surface area contributed by atoms with E-state index >= 15 is 0 Å². The summed E-state index contributed by atoms with van der Waals surface area (Å²) in [6.45, 7) is 2.46. The highest BCUT2D eigenvalue weighted by Gasteiger charge is 2.17. The van der Waals surface area contributed by atoms with Crippen LogP contribution in [0.3, 0.4) is 0 Å². The SMILES string of the molecule is CCNC(=S)N=NC(=O)c1ccc(-n2c(O)c3ccccc3c2O)cc1. The van der Waals surface area contributed by atoms with Crippen LogP contribution in [-0.2, 0) is 0 Å². The van der Waals surface area contributed by atoms with Gasteiger partial charge in [-0.3, -0.25) is 9.36 Å². The standard InChI is InChI=1S/C18H16N4O3S/c1-2-19-18(26)21-20-15(23)11-7-9-12(10-8-11)22-16(24)13-5-3-4-6-14(13)17(22)25/h3-10,24-25H,2H2,1H3,(H,19,26). The summed E-state index contributed by atoms with van der Waals surface area (Å²) >= 11 is 4.88. The average Bonchev–Trinajstić information content (AvgIpc) is 2.91. The maximum atomic E-state index is 12.0. The third kappa shape index (κ3) is 3.27. The lowest BCUT2D eigenvalue weighted by molar-refractivity contribution is 0.0995. The van der Waals surface area contributed by atoms with E-state index in [1.54, 1.807) is 36.4 Å². The zero-order valence-electron chi connectivity index (χ0n) is 13.9. The number of aromatic nitrogens is 1. The minimum Gasteiger partial charge on any atom is -0.494 e. The van der Waals surface area contributed by atoms with Crippen LogP contribution in [0.4, 0.5) is 0 Å². The van der Waals surface area contributed by atoms with Gasteiger partial charge in [0.05, 0.1) is 5.69 Å². The van der Waals surface area contributed by atoms with Crippen LogP contribution in [0.1, 0.15) is 17.3 Å². The molecule has 0 atom stereocenters. The molecule has 132 valence electrons. The summed E-state index contributed by atoms with van der Waals surface area (Å²) in [5, 5.41) is 31.9. The van der Waals surface area contributed by atoms with Gasteiger partial charge in [0.1, 0.15) is 0 Å². The van der Waals surface area contributed by atoms with Gasteiger partial charge in [-0.15, -0.1) is 10.2 Å². The van der Waals surface area contributed by atoms with Crippen molar-refractivity contribution in [2.24, 2.45) is 10.2 Å². The molecule has 0 unspecified atom stereocenters. The van der Waals surface area contributed by atoms with E-state index < -0.39 is 5.91 Å². The van der Waals surface area contributed by atoms with Crippen molar-refractivity contribution in [2.75, 3.05) is 6.54 Å². The fraction of sp³-hybridized carbons (Fsp3) is 0.111. The number of benzene rings is 2. The van der Waals surface area contributed by atoms with E-state index in [0.717, 1.165) is 0 Å². The van der Waals surface area contributed by atoms with E-state index in [-0.39, 0.29) is 16.9 Å². The van der Waals surface area contributed by atoms with E-state index in [1.807, 2.05) is 6.92 Å². The van der Waals surface area contributed by atoms with Crippen LogP contribution >= 0.6 is 12.2 Å². The summed E-state index contributed by atoms with van der Waals surface area (Å²) in [5.74, 6) is -0.691. The molecule has 0 bridgehead atoms. The molecule has 8 heteroatoms. The number of nitrogens with one attached hydrogen (secondary N) is 1. The second-order valence-electron chi connectivity index (χ2n) is 5.42. The Morgan fingerprint density at radius 1 is 1.04 bits per heavy atom. The molecule has 1 aromatic heterocycles. The molecule has 3 aromatic rings. The molecule has 0 saturated carbocycles. The summed E-state index contributed by atoms with van der Waals surface area (Å²) < 4.78 is 1.31. The number of aromatic hydroxyl groups is 2. The van der Waals surface area contributed by atoms with Gasteiger partial charge < -0.3 is 15.5 Å². The van der Waals surface area contributed by atoms with Gasteiger partial charge in [-0.1, -0.05) is 12.1 Å². The van der Waals surface area contributed by atoms with Crippen LogP contribution < -0.4 is 5.32 Å². The Kier molecular flexibility index (Phi) is 4.94. The molecule has 3 N–H and O–H groups in total. The Balaban J connectivity index is 1.89. The number of azo groups is 1. The molecule has 0 radical (unpaired) electrons. The van der Waals surface area contributed by atoms with Crippen LogP contribution in [0.5, 0.6) is 11.8 Å². The number of hydrogen-bond acceptors (Lipinski definition) is 4. The summed E-state index contributed by atoms with van der Waals surface area (Å²) in [6, 6.07) is 13.3. The highest BCUT2D eigenvalue weighted by Crippen LogP contribution is 2.38.